The first-order valence-corrected chi connectivity index (χ1v) is 11.1. The Morgan fingerprint density at radius 3 is 2.30 bits per heavy atom. The van der Waals surface area contributed by atoms with E-state index in [9.17, 15) is 13.2 Å². The van der Waals surface area contributed by atoms with Crippen molar-refractivity contribution in [3.8, 4) is 11.5 Å². The van der Waals surface area contributed by atoms with Crippen LogP contribution in [0.3, 0.4) is 0 Å². The fraction of sp³-hybridized carbons (Fsp3) is 0.136. The Morgan fingerprint density at radius 2 is 1.60 bits per heavy atom. The minimum Gasteiger partial charge on any atom is -0.454 e. The average molecular weight is 445 g/mol. The van der Waals surface area contributed by atoms with Crippen molar-refractivity contribution in [3.05, 3.63) is 83.4 Å². The van der Waals surface area contributed by atoms with Crippen LogP contribution in [0.15, 0.2) is 77.7 Å². The van der Waals surface area contributed by atoms with Crippen molar-refractivity contribution in [2.75, 3.05) is 5.32 Å². The zero-order chi connectivity index (χ0) is 21.7. The molecule has 0 spiro atoms. The molecule has 0 saturated carbocycles. The lowest BCUT2D eigenvalue weighted by molar-refractivity contribution is 0.102. The molecule has 0 bridgehead atoms. The van der Waals surface area contributed by atoms with Gasteiger partial charge in [-0.05, 0) is 56.3 Å². The number of rotatable bonds is 7. The first kappa shape index (κ1) is 21.8. The van der Waals surface area contributed by atoms with Crippen LogP contribution in [0.1, 0.15) is 24.2 Å². The first-order chi connectivity index (χ1) is 14.3. The molecule has 0 heterocycles. The van der Waals surface area contributed by atoms with Crippen LogP contribution in [-0.4, -0.2) is 20.4 Å². The summed E-state index contributed by atoms with van der Waals surface area (Å²) in [6, 6.07) is 19.5. The largest absolute Gasteiger partial charge is 0.454 e. The third kappa shape index (κ3) is 5.38. The molecule has 30 heavy (non-hydrogen) atoms. The molecular formula is C22H21ClN2O4S. The van der Waals surface area contributed by atoms with Crippen LogP contribution < -0.4 is 14.8 Å². The second-order valence-electron chi connectivity index (χ2n) is 6.79. The number of carbonyl (C=O) groups excluding carboxylic acids is 1. The summed E-state index contributed by atoms with van der Waals surface area (Å²) in [7, 11) is -3.71. The third-order valence-electron chi connectivity index (χ3n) is 3.99. The highest BCUT2D eigenvalue weighted by atomic mass is 35.5. The lowest BCUT2D eigenvalue weighted by atomic mass is 10.2. The van der Waals surface area contributed by atoms with E-state index in [1.807, 2.05) is 0 Å². The molecule has 0 radical (unpaired) electrons. The molecule has 0 saturated heterocycles. The number of halogens is 1. The van der Waals surface area contributed by atoms with Gasteiger partial charge in [-0.2, -0.15) is 0 Å². The minimum absolute atomic E-state index is 0.0180. The summed E-state index contributed by atoms with van der Waals surface area (Å²) >= 11 is 6.15. The van der Waals surface area contributed by atoms with Crippen LogP contribution in [0.25, 0.3) is 0 Å². The molecule has 0 fully saturated rings. The van der Waals surface area contributed by atoms with E-state index in [0.29, 0.717) is 22.2 Å². The molecule has 0 atom stereocenters. The average Bonchev–Trinajstić information content (AvgIpc) is 2.70. The molecule has 0 aliphatic heterocycles. The predicted molar refractivity (Wildman–Crippen MR) is 118 cm³/mol. The van der Waals surface area contributed by atoms with Crippen molar-refractivity contribution in [3.63, 3.8) is 0 Å². The van der Waals surface area contributed by atoms with Crippen LogP contribution in [0.2, 0.25) is 5.02 Å². The summed E-state index contributed by atoms with van der Waals surface area (Å²) in [6.07, 6.45) is 0. The van der Waals surface area contributed by atoms with Gasteiger partial charge in [0.1, 0.15) is 5.75 Å². The van der Waals surface area contributed by atoms with E-state index in [2.05, 4.69) is 10.0 Å². The topological polar surface area (TPSA) is 84.5 Å². The molecule has 156 valence electrons. The summed E-state index contributed by atoms with van der Waals surface area (Å²) < 4.78 is 33.1. The Bertz CT molecular complexity index is 1160. The molecule has 0 aliphatic rings. The molecule has 1 amide bonds. The number of para-hydroxylation sites is 3. The smallest absolute Gasteiger partial charge is 0.255 e. The quantitative estimate of drug-likeness (QED) is 0.532. The number of ether oxygens (including phenoxy) is 1. The SMILES string of the molecule is CC(C)NS(=O)(=O)c1cccc(C(=O)Nc2ccccc2Oc2ccccc2Cl)c1. The number of amides is 1. The van der Waals surface area contributed by atoms with Crippen LogP contribution in [0.4, 0.5) is 5.69 Å². The highest BCUT2D eigenvalue weighted by Gasteiger charge is 2.18. The van der Waals surface area contributed by atoms with E-state index >= 15 is 0 Å². The van der Waals surface area contributed by atoms with Gasteiger partial charge in [-0.25, -0.2) is 13.1 Å². The van der Waals surface area contributed by atoms with Crippen molar-refractivity contribution in [2.24, 2.45) is 0 Å². The maximum Gasteiger partial charge on any atom is 0.255 e. The van der Waals surface area contributed by atoms with E-state index < -0.39 is 15.9 Å². The molecule has 3 aromatic carbocycles. The molecule has 2 N–H and O–H groups in total. The molecule has 0 aliphatic carbocycles. The number of benzene rings is 3. The summed E-state index contributed by atoms with van der Waals surface area (Å²) in [4.78, 5) is 12.8. The standard InChI is InChI=1S/C22H21ClN2O4S/c1-15(2)25-30(27,28)17-9-7-8-16(14-17)22(26)24-19-11-4-6-13-21(19)29-20-12-5-3-10-18(20)23/h3-15,25H,1-2H3,(H,24,26). The predicted octanol–water partition coefficient (Wildman–Crippen LogP) is 5.07. The minimum atomic E-state index is -3.71. The Hall–Kier alpha value is -2.87. The Kier molecular flexibility index (Phi) is 6.77. The van der Waals surface area contributed by atoms with Crippen molar-refractivity contribution in [2.45, 2.75) is 24.8 Å². The van der Waals surface area contributed by atoms with Gasteiger partial charge < -0.3 is 10.1 Å². The van der Waals surface area contributed by atoms with Gasteiger partial charge in [-0.3, -0.25) is 4.79 Å². The van der Waals surface area contributed by atoms with Gasteiger partial charge in [0, 0.05) is 11.6 Å². The molecular weight excluding hydrogens is 424 g/mol. The third-order valence-corrected chi connectivity index (χ3v) is 5.96. The zero-order valence-electron chi connectivity index (χ0n) is 16.4. The first-order valence-electron chi connectivity index (χ1n) is 9.21. The summed E-state index contributed by atoms with van der Waals surface area (Å²) in [5, 5.41) is 3.20. The summed E-state index contributed by atoms with van der Waals surface area (Å²) in [5.74, 6) is 0.393. The van der Waals surface area contributed by atoms with Crippen molar-refractivity contribution in [1.82, 2.24) is 4.72 Å². The van der Waals surface area contributed by atoms with Gasteiger partial charge in [0.15, 0.2) is 5.75 Å². The number of hydrogen-bond donors (Lipinski definition) is 2. The highest BCUT2D eigenvalue weighted by molar-refractivity contribution is 7.89. The summed E-state index contributed by atoms with van der Waals surface area (Å²) in [5.41, 5.74) is 0.630. The number of hydrogen-bond acceptors (Lipinski definition) is 4. The second kappa shape index (κ2) is 9.30. The maximum atomic E-state index is 12.8. The second-order valence-corrected chi connectivity index (χ2v) is 8.91. The Balaban J connectivity index is 1.84. The molecule has 3 aromatic rings. The van der Waals surface area contributed by atoms with E-state index in [4.69, 9.17) is 16.3 Å². The molecule has 8 heteroatoms. The lowest BCUT2D eigenvalue weighted by Gasteiger charge is -2.14. The number of carbonyl (C=O) groups is 1. The Labute approximate surface area is 180 Å². The van der Waals surface area contributed by atoms with Crippen LogP contribution in [0, 0.1) is 0 Å². The van der Waals surface area contributed by atoms with Crippen LogP contribution in [-0.2, 0) is 10.0 Å². The van der Waals surface area contributed by atoms with Gasteiger partial charge in [-0.15, -0.1) is 0 Å². The number of nitrogens with one attached hydrogen (secondary N) is 2. The molecule has 6 nitrogen and oxygen atoms in total. The van der Waals surface area contributed by atoms with Gasteiger partial charge in [0.05, 0.1) is 15.6 Å². The number of anilines is 1. The lowest BCUT2D eigenvalue weighted by Crippen LogP contribution is -2.30. The van der Waals surface area contributed by atoms with Crippen LogP contribution in [0.5, 0.6) is 11.5 Å². The molecule has 0 unspecified atom stereocenters. The Morgan fingerprint density at radius 1 is 0.933 bits per heavy atom. The normalized spacial score (nSPS) is 11.3. The molecule has 3 rings (SSSR count). The van der Waals surface area contributed by atoms with Gasteiger partial charge >= 0.3 is 0 Å². The van der Waals surface area contributed by atoms with E-state index in [0.717, 1.165) is 0 Å². The highest BCUT2D eigenvalue weighted by Crippen LogP contribution is 2.33. The number of sulfonamides is 1. The van der Waals surface area contributed by atoms with Crippen molar-refractivity contribution in [1.29, 1.82) is 0 Å². The van der Waals surface area contributed by atoms with Crippen LogP contribution >= 0.6 is 11.6 Å². The monoisotopic (exact) mass is 444 g/mol. The van der Waals surface area contributed by atoms with E-state index in [1.165, 1.54) is 18.2 Å². The zero-order valence-corrected chi connectivity index (χ0v) is 18.0. The fourth-order valence-electron chi connectivity index (χ4n) is 2.68. The van der Waals surface area contributed by atoms with Gasteiger partial charge in [0.25, 0.3) is 5.91 Å². The molecule has 0 aromatic heterocycles. The maximum absolute atomic E-state index is 12.8. The fourth-order valence-corrected chi connectivity index (χ4v) is 4.15. The van der Waals surface area contributed by atoms with Gasteiger partial charge in [0.2, 0.25) is 10.0 Å². The van der Waals surface area contributed by atoms with E-state index in [-0.39, 0.29) is 16.5 Å². The summed E-state index contributed by atoms with van der Waals surface area (Å²) in [6.45, 7) is 3.45. The van der Waals surface area contributed by atoms with Gasteiger partial charge in [-0.1, -0.05) is 41.9 Å². The van der Waals surface area contributed by atoms with E-state index in [1.54, 1.807) is 68.4 Å². The van der Waals surface area contributed by atoms with Crippen molar-refractivity contribution < 1.29 is 17.9 Å². The van der Waals surface area contributed by atoms with Crippen molar-refractivity contribution >= 4 is 33.2 Å².